The molecule has 1 aliphatic rings. The van der Waals surface area contributed by atoms with Crippen LogP contribution in [0.3, 0.4) is 0 Å². The number of carbonyl (C=O) groups excluding carboxylic acids is 1. The van der Waals surface area contributed by atoms with Crippen LogP contribution in [0, 0.1) is 12.8 Å². The maximum absolute atomic E-state index is 12.6. The zero-order chi connectivity index (χ0) is 20.4. The van der Waals surface area contributed by atoms with E-state index < -0.39 is 0 Å². The second-order valence-electron chi connectivity index (χ2n) is 7.51. The van der Waals surface area contributed by atoms with E-state index >= 15 is 0 Å². The molecule has 3 aromatic heterocycles. The SMILES string of the molecule is CCc1c(C)nc(-n2nc(-c3ccco3)cc2NC(=O)CC2CCCC2)[nH]c1=O. The van der Waals surface area contributed by atoms with E-state index in [4.69, 9.17) is 4.42 Å². The number of furan rings is 1. The van der Waals surface area contributed by atoms with Crippen LogP contribution in [0.15, 0.2) is 33.7 Å². The van der Waals surface area contributed by atoms with E-state index in [1.54, 1.807) is 31.4 Å². The number of amides is 1. The second kappa shape index (κ2) is 8.06. The minimum Gasteiger partial charge on any atom is -0.463 e. The van der Waals surface area contributed by atoms with E-state index in [9.17, 15) is 9.59 Å². The third-order valence-electron chi connectivity index (χ3n) is 5.46. The Morgan fingerprint density at radius 3 is 2.83 bits per heavy atom. The highest BCUT2D eigenvalue weighted by molar-refractivity contribution is 5.90. The van der Waals surface area contributed by atoms with Crippen molar-refractivity contribution >= 4 is 11.7 Å². The molecule has 8 heteroatoms. The normalized spacial score (nSPS) is 14.4. The molecule has 0 aliphatic heterocycles. The smallest absolute Gasteiger partial charge is 0.255 e. The zero-order valence-electron chi connectivity index (χ0n) is 16.7. The molecular formula is C21H25N5O3. The topological polar surface area (TPSA) is 106 Å². The van der Waals surface area contributed by atoms with Crippen LogP contribution in [0.5, 0.6) is 0 Å². The van der Waals surface area contributed by atoms with Crippen molar-refractivity contribution < 1.29 is 9.21 Å². The van der Waals surface area contributed by atoms with Gasteiger partial charge in [0.1, 0.15) is 11.5 Å². The molecule has 3 heterocycles. The number of carbonyl (C=O) groups is 1. The third-order valence-corrected chi connectivity index (χ3v) is 5.46. The van der Waals surface area contributed by atoms with Crippen LogP contribution in [0.2, 0.25) is 0 Å². The molecule has 4 rings (SSSR count). The Morgan fingerprint density at radius 2 is 2.17 bits per heavy atom. The highest BCUT2D eigenvalue weighted by Gasteiger charge is 2.21. The van der Waals surface area contributed by atoms with Gasteiger partial charge < -0.3 is 9.73 Å². The molecule has 1 fully saturated rings. The minimum absolute atomic E-state index is 0.0618. The van der Waals surface area contributed by atoms with Gasteiger partial charge >= 0.3 is 0 Å². The Morgan fingerprint density at radius 1 is 1.38 bits per heavy atom. The molecule has 0 bridgehead atoms. The summed E-state index contributed by atoms with van der Waals surface area (Å²) in [6.45, 7) is 3.71. The molecule has 0 saturated heterocycles. The van der Waals surface area contributed by atoms with Crippen molar-refractivity contribution in [3.05, 3.63) is 46.1 Å². The Bertz CT molecular complexity index is 1060. The lowest BCUT2D eigenvalue weighted by Gasteiger charge is -2.11. The van der Waals surface area contributed by atoms with Crippen molar-refractivity contribution in [3.8, 4) is 17.4 Å². The van der Waals surface area contributed by atoms with Crippen molar-refractivity contribution in [2.75, 3.05) is 5.32 Å². The van der Waals surface area contributed by atoms with Crippen LogP contribution in [-0.4, -0.2) is 25.7 Å². The highest BCUT2D eigenvalue weighted by Crippen LogP contribution is 2.29. The summed E-state index contributed by atoms with van der Waals surface area (Å²) in [5.74, 6) is 1.65. The van der Waals surface area contributed by atoms with E-state index in [2.05, 4.69) is 20.4 Å². The van der Waals surface area contributed by atoms with Gasteiger partial charge in [0.2, 0.25) is 11.9 Å². The number of aromatic nitrogens is 4. The van der Waals surface area contributed by atoms with Crippen molar-refractivity contribution in [3.63, 3.8) is 0 Å². The van der Waals surface area contributed by atoms with Gasteiger partial charge in [-0.2, -0.15) is 9.78 Å². The molecule has 0 aromatic carbocycles. The monoisotopic (exact) mass is 395 g/mol. The Labute approximate surface area is 168 Å². The number of nitrogens with zero attached hydrogens (tertiary/aromatic N) is 3. The molecule has 3 aromatic rings. The average Bonchev–Trinajstić information content (AvgIpc) is 3.43. The summed E-state index contributed by atoms with van der Waals surface area (Å²) in [7, 11) is 0. The lowest BCUT2D eigenvalue weighted by Crippen LogP contribution is -2.22. The molecule has 0 atom stereocenters. The summed E-state index contributed by atoms with van der Waals surface area (Å²) in [6.07, 6.45) is 7.20. The van der Waals surface area contributed by atoms with Gasteiger partial charge in [0.05, 0.1) is 6.26 Å². The Kier molecular flexibility index (Phi) is 5.33. The van der Waals surface area contributed by atoms with Gasteiger partial charge in [0.25, 0.3) is 5.56 Å². The lowest BCUT2D eigenvalue weighted by atomic mass is 10.0. The van der Waals surface area contributed by atoms with Crippen LogP contribution in [0.25, 0.3) is 17.4 Å². The standard InChI is InChI=1S/C21H25N5O3/c1-3-15-13(2)22-21(24-20(15)28)26-18(12-16(25-26)17-9-6-10-29-17)23-19(27)11-14-7-4-5-8-14/h6,9-10,12,14H,3-5,7-8,11H2,1-2H3,(H,23,27)(H,22,24,28). The van der Waals surface area contributed by atoms with Crippen molar-refractivity contribution in [1.82, 2.24) is 19.7 Å². The van der Waals surface area contributed by atoms with E-state index in [0.717, 1.165) is 12.8 Å². The molecule has 8 nitrogen and oxygen atoms in total. The van der Waals surface area contributed by atoms with Crippen LogP contribution < -0.4 is 10.9 Å². The summed E-state index contributed by atoms with van der Waals surface area (Å²) >= 11 is 0. The summed E-state index contributed by atoms with van der Waals surface area (Å²) in [4.78, 5) is 32.3. The first-order valence-corrected chi connectivity index (χ1v) is 10.1. The molecule has 29 heavy (non-hydrogen) atoms. The van der Waals surface area contributed by atoms with Crippen molar-refractivity contribution in [2.24, 2.45) is 5.92 Å². The molecule has 1 saturated carbocycles. The first-order valence-electron chi connectivity index (χ1n) is 10.1. The second-order valence-corrected chi connectivity index (χ2v) is 7.51. The van der Waals surface area contributed by atoms with Gasteiger partial charge in [0.15, 0.2) is 5.76 Å². The molecule has 0 unspecified atom stereocenters. The summed E-state index contributed by atoms with van der Waals surface area (Å²) in [6, 6.07) is 5.29. The van der Waals surface area contributed by atoms with Gasteiger partial charge in [-0.15, -0.1) is 0 Å². The Hall–Kier alpha value is -3.16. The number of hydrogen-bond donors (Lipinski definition) is 2. The minimum atomic E-state index is -0.201. The largest absolute Gasteiger partial charge is 0.463 e. The maximum Gasteiger partial charge on any atom is 0.255 e. The number of aromatic amines is 1. The predicted molar refractivity (Wildman–Crippen MR) is 109 cm³/mol. The molecule has 1 aliphatic carbocycles. The molecule has 152 valence electrons. The number of rotatable bonds is 6. The van der Waals surface area contributed by atoms with Crippen LogP contribution in [0.1, 0.15) is 50.3 Å². The van der Waals surface area contributed by atoms with Crippen molar-refractivity contribution in [2.45, 2.75) is 52.4 Å². The van der Waals surface area contributed by atoms with Crippen LogP contribution in [-0.2, 0) is 11.2 Å². The Balaban J connectivity index is 1.70. The summed E-state index contributed by atoms with van der Waals surface area (Å²) in [5, 5.41) is 7.46. The third kappa shape index (κ3) is 4.01. The van der Waals surface area contributed by atoms with Crippen LogP contribution >= 0.6 is 0 Å². The molecule has 0 spiro atoms. The fraction of sp³-hybridized carbons (Fsp3) is 0.429. The van der Waals surface area contributed by atoms with Gasteiger partial charge in [-0.05, 0) is 44.2 Å². The van der Waals surface area contributed by atoms with Crippen LogP contribution in [0.4, 0.5) is 5.82 Å². The highest BCUT2D eigenvalue weighted by atomic mass is 16.3. The van der Waals surface area contributed by atoms with E-state index in [1.165, 1.54) is 17.5 Å². The zero-order valence-corrected chi connectivity index (χ0v) is 16.7. The van der Waals surface area contributed by atoms with Gasteiger partial charge in [-0.3, -0.25) is 14.6 Å². The average molecular weight is 395 g/mol. The molecular weight excluding hydrogens is 370 g/mol. The van der Waals surface area contributed by atoms with E-state index in [1.807, 2.05) is 6.92 Å². The number of hydrogen-bond acceptors (Lipinski definition) is 5. The lowest BCUT2D eigenvalue weighted by molar-refractivity contribution is -0.117. The maximum atomic E-state index is 12.6. The van der Waals surface area contributed by atoms with Gasteiger partial charge in [0, 0.05) is 23.7 Å². The quantitative estimate of drug-likeness (QED) is 0.663. The first kappa shape index (κ1) is 19.2. The fourth-order valence-corrected chi connectivity index (χ4v) is 3.96. The van der Waals surface area contributed by atoms with Gasteiger partial charge in [-0.25, -0.2) is 4.98 Å². The number of nitrogens with one attached hydrogen (secondary N) is 2. The summed E-state index contributed by atoms with van der Waals surface area (Å²) in [5.41, 5.74) is 1.63. The van der Waals surface area contributed by atoms with Gasteiger partial charge in [-0.1, -0.05) is 19.8 Å². The summed E-state index contributed by atoms with van der Waals surface area (Å²) < 4.78 is 6.90. The number of H-pyrrole nitrogens is 1. The molecule has 0 radical (unpaired) electrons. The van der Waals surface area contributed by atoms with E-state index in [0.29, 0.717) is 47.3 Å². The molecule has 2 N–H and O–H groups in total. The van der Waals surface area contributed by atoms with E-state index in [-0.39, 0.29) is 17.4 Å². The van der Waals surface area contributed by atoms with Crippen molar-refractivity contribution in [1.29, 1.82) is 0 Å². The number of anilines is 1. The fourth-order valence-electron chi connectivity index (χ4n) is 3.96. The predicted octanol–water partition coefficient (Wildman–Crippen LogP) is 3.61. The first-order chi connectivity index (χ1) is 14.0. The number of aryl methyl sites for hydroxylation is 1. The molecule has 1 amide bonds.